The Morgan fingerprint density at radius 2 is 2.21 bits per heavy atom. The van der Waals surface area contributed by atoms with Crippen LogP contribution in [0.25, 0.3) is 0 Å². The van der Waals surface area contributed by atoms with Gasteiger partial charge in [-0.15, -0.1) is 0 Å². The van der Waals surface area contributed by atoms with Gasteiger partial charge < -0.3 is 9.15 Å². The number of furan rings is 1. The van der Waals surface area contributed by atoms with E-state index in [0.29, 0.717) is 24.5 Å². The zero-order valence-corrected chi connectivity index (χ0v) is 15.2. The highest BCUT2D eigenvalue weighted by molar-refractivity contribution is 7.89. The van der Waals surface area contributed by atoms with Gasteiger partial charge in [0.25, 0.3) is 0 Å². The minimum absolute atomic E-state index is 0.0838. The summed E-state index contributed by atoms with van der Waals surface area (Å²) in [5, 5.41) is 0. The maximum absolute atomic E-state index is 12.6. The Labute approximate surface area is 143 Å². The molecule has 134 valence electrons. The molecule has 24 heavy (non-hydrogen) atoms. The second-order valence-electron chi connectivity index (χ2n) is 7.51. The molecular weight excluding hydrogens is 330 g/mol. The van der Waals surface area contributed by atoms with Crippen molar-refractivity contribution < 1.29 is 22.4 Å². The van der Waals surface area contributed by atoms with Gasteiger partial charge in [-0.1, -0.05) is 13.8 Å². The smallest absolute Gasteiger partial charge is 0.212 e. The third kappa shape index (κ3) is 2.72. The van der Waals surface area contributed by atoms with E-state index in [4.69, 9.17) is 9.15 Å². The third-order valence-corrected chi connectivity index (χ3v) is 7.69. The predicted octanol–water partition coefficient (Wildman–Crippen LogP) is 2.28. The van der Waals surface area contributed by atoms with E-state index in [-0.39, 0.29) is 23.5 Å². The molecule has 2 saturated carbocycles. The molecule has 0 unspecified atom stereocenters. The van der Waals surface area contributed by atoms with Crippen LogP contribution in [0.3, 0.4) is 0 Å². The van der Waals surface area contributed by atoms with Crippen LogP contribution in [0.4, 0.5) is 0 Å². The van der Waals surface area contributed by atoms with E-state index in [9.17, 15) is 13.2 Å². The van der Waals surface area contributed by atoms with Gasteiger partial charge in [-0.3, -0.25) is 4.79 Å². The Kier molecular flexibility index (Phi) is 4.38. The molecular formula is C17H25NO5S. The van der Waals surface area contributed by atoms with Crippen LogP contribution in [0.1, 0.15) is 45.0 Å². The Hall–Kier alpha value is -1.18. The quantitative estimate of drug-likeness (QED) is 0.811. The van der Waals surface area contributed by atoms with Crippen LogP contribution < -0.4 is 4.72 Å². The van der Waals surface area contributed by atoms with Crippen LogP contribution >= 0.6 is 0 Å². The Balaban J connectivity index is 1.71. The first-order valence-electron chi connectivity index (χ1n) is 8.29. The molecule has 2 aliphatic rings. The van der Waals surface area contributed by atoms with Crippen LogP contribution in [0.2, 0.25) is 0 Å². The van der Waals surface area contributed by atoms with Crippen LogP contribution in [0.15, 0.2) is 22.8 Å². The number of nitrogens with one attached hydrogen (secondary N) is 1. The molecule has 3 rings (SSSR count). The SMILES string of the molecule is CO[C@H](CNS(=O)(=O)C[C@@]12CC[C@@H](CC1=O)C2(C)C)c1ccco1. The number of methoxy groups -OCH3 is 1. The first kappa shape index (κ1) is 17.6. The molecule has 1 aromatic rings. The zero-order valence-electron chi connectivity index (χ0n) is 14.4. The monoisotopic (exact) mass is 355 g/mol. The van der Waals surface area contributed by atoms with Gasteiger partial charge in [0.15, 0.2) is 0 Å². The number of carbonyl (C=O) groups excluding carboxylic acids is 1. The molecule has 3 atom stereocenters. The van der Waals surface area contributed by atoms with Crippen molar-refractivity contribution in [1.82, 2.24) is 4.72 Å². The fraction of sp³-hybridized carbons (Fsp3) is 0.706. The number of ether oxygens (including phenoxy) is 1. The highest BCUT2D eigenvalue weighted by Gasteiger charge is 2.65. The van der Waals surface area contributed by atoms with E-state index < -0.39 is 21.5 Å². The van der Waals surface area contributed by atoms with Crippen LogP contribution in [0.5, 0.6) is 0 Å². The summed E-state index contributed by atoms with van der Waals surface area (Å²) in [5.74, 6) is 0.826. The summed E-state index contributed by atoms with van der Waals surface area (Å²) >= 11 is 0. The molecule has 0 aliphatic heterocycles. The summed E-state index contributed by atoms with van der Waals surface area (Å²) in [6, 6.07) is 3.47. The molecule has 0 radical (unpaired) electrons. The molecule has 2 aliphatic carbocycles. The average Bonchev–Trinajstić information content (AvgIpc) is 3.14. The summed E-state index contributed by atoms with van der Waals surface area (Å²) < 4.78 is 38.4. The Bertz CT molecular complexity index is 709. The van der Waals surface area contributed by atoms with Gasteiger partial charge in [-0.25, -0.2) is 13.1 Å². The second kappa shape index (κ2) is 5.97. The first-order chi connectivity index (χ1) is 11.2. The van der Waals surface area contributed by atoms with Crippen molar-refractivity contribution in [3.05, 3.63) is 24.2 Å². The van der Waals surface area contributed by atoms with Gasteiger partial charge in [-0.05, 0) is 36.3 Å². The molecule has 0 amide bonds. The fourth-order valence-electron chi connectivity index (χ4n) is 4.46. The van der Waals surface area contributed by atoms with Gasteiger partial charge in [-0.2, -0.15) is 0 Å². The lowest BCUT2D eigenvalue weighted by Gasteiger charge is -2.36. The van der Waals surface area contributed by atoms with E-state index in [1.54, 1.807) is 12.1 Å². The van der Waals surface area contributed by atoms with Crippen molar-refractivity contribution >= 4 is 15.8 Å². The van der Waals surface area contributed by atoms with Gasteiger partial charge in [0.1, 0.15) is 17.6 Å². The lowest BCUT2D eigenvalue weighted by atomic mass is 9.70. The molecule has 7 heteroatoms. The summed E-state index contributed by atoms with van der Waals surface area (Å²) in [5.41, 5.74) is -1.02. The summed E-state index contributed by atoms with van der Waals surface area (Å²) in [6.45, 7) is 4.15. The third-order valence-electron chi connectivity index (χ3n) is 6.21. The molecule has 0 spiro atoms. The summed E-state index contributed by atoms with van der Waals surface area (Å²) in [7, 11) is -2.10. The van der Waals surface area contributed by atoms with Crippen molar-refractivity contribution in [2.75, 3.05) is 19.4 Å². The average molecular weight is 355 g/mol. The molecule has 2 bridgehead atoms. The van der Waals surface area contributed by atoms with Gasteiger partial charge in [0.2, 0.25) is 10.0 Å². The van der Waals surface area contributed by atoms with Crippen molar-refractivity contribution in [1.29, 1.82) is 0 Å². The minimum atomic E-state index is -3.60. The number of hydrogen-bond acceptors (Lipinski definition) is 5. The van der Waals surface area contributed by atoms with Crippen LogP contribution in [0, 0.1) is 16.7 Å². The fourth-order valence-corrected chi connectivity index (χ4v) is 6.29. The lowest BCUT2D eigenvalue weighted by molar-refractivity contribution is -0.128. The topological polar surface area (TPSA) is 85.6 Å². The van der Waals surface area contributed by atoms with Crippen LogP contribution in [-0.2, 0) is 19.6 Å². The van der Waals surface area contributed by atoms with Crippen molar-refractivity contribution in [2.45, 2.75) is 39.2 Å². The van der Waals surface area contributed by atoms with Gasteiger partial charge in [0.05, 0.1) is 12.0 Å². The maximum Gasteiger partial charge on any atom is 0.212 e. The molecule has 6 nitrogen and oxygen atoms in total. The molecule has 1 N–H and O–H groups in total. The van der Waals surface area contributed by atoms with E-state index >= 15 is 0 Å². The maximum atomic E-state index is 12.6. The second-order valence-corrected chi connectivity index (χ2v) is 9.32. The number of fused-ring (bicyclic) bond motifs is 2. The van der Waals surface area contributed by atoms with Gasteiger partial charge >= 0.3 is 0 Å². The van der Waals surface area contributed by atoms with Crippen LogP contribution in [-0.4, -0.2) is 33.6 Å². The zero-order chi connectivity index (χ0) is 17.6. The van der Waals surface area contributed by atoms with E-state index in [1.807, 2.05) is 13.8 Å². The highest BCUT2D eigenvalue weighted by atomic mass is 32.2. The predicted molar refractivity (Wildman–Crippen MR) is 88.8 cm³/mol. The summed E-state index contributed by atoms with van der Waals surface area (Å²) in [4.78, 5) is 12.5. The molecule has 0 aromatic carbocycles. The Morgan fingerprint density at radius 3 is 2.71 bits per heavy atom. The van der Waals surface area contributed by atoms with E-state index in [2.05, 4.69) is 4.72 Å². The number of hydrogen-bond donors (Lipinski definition) is 1. The number of ketones is 1. The largest absolute Gasteiger partial charge is 0.467 e. The van der Waals surface area contributed by atoms with Crippen molar-refractivity contribution in [3.63, 3.8) is 0 Å². The number of Topliss-reactive ketones (excluding diaryl/α,β-unsaturated/α-hetero) is 1. The van der Waals surface area contributed by atoms with Crippen molar-refractivity contribution in [2.24, 2.45) is 16.7 Å². The molecule has 0 saturated heterocycles. The standard InChI is InChI=1S/C17H25NO5S/c1-16(2)12-6-7-17(16,15(19)9-12)11-24(20,21)18-10-14(22-3)13-5-4-8-23-13/h4-5,8,12,14,18H,6-7,9-11H2,1-3H3/t12-,14+,17-/m0/s1. The number of sulfonamides is 1. The number of carbonyl (C=O) groups is 1. The molecule has 1 aromatic heterocycles. The first-order valence-corrected chi connectivity index (χ1v) is 9.94. The molecule has 1 heterocycles. The van der Waals surface area contributed by atoms with E-state index in [0.717, 1.165) is 6.42 Å². The minimum Gasteiger partial charge on any atom is -0.467 e. The molecule has 2 fully saturated rings. The normalized spacial score (nSPS) is 30.0. The highest BCUT2D eigenvalue weighted by Crippen LogP contribution is 2.64. The number of rotatable bonds is 7. The van der Waals surface area contributed by atoms with Crippen molar-refractivity contribution in [3.8, 4) is 0 Å². The van der Waals surface area contributed by atoms with Gasteiger partial charge in [0, 0.05) is 25.5 Å². The van der Waals surface area contributed by atoms with E-state index in [1.165, 1.54) is 13.4 Å². The Morgan fingerprint density at radius 1 is 1.46 bits per heavy atom. The summed E-state index contributed by atoms with van der Waals surface area (Å²) in [6.07, 6.45) is 3.14. The lowest BCUT2D eigenvalue weighted by Crippen LogP contribution is -2.46.